The Morgan fingerprint density at radius 3 is 3.14 bits per heavy atom. The van der Waals surface area contributed by atoms with Crippen LogP contribution >= 0.6 is 12.2 Å². The number of nitrogens with two attached hydrogens (primary N) is 1. The van der Waals surface area contributed by atoms with Crippen LogP contribution in [0.25, 0.3) is 27.9 Å². The molecule has 3 N–H and O–H groups in total. The highest BCUT2D eigenvalue weighted by Crippen LogP contribution is 2.32. The van der Waals surface area contributed by atoms with E-state index in [4.69, 9.17) is 18.8 Å². The number of benzene rings is 1. The summed E-state index contributed by atoms with van der Waals surface area (Å²) < 4.78 is 12.8. The molecule has 4 aromatic rings. The Morgan fingerprint density at radius 2 is 2.21 bits per heavy atom. The maximum absolute atomic E-state index is 5.67. The third kappa shape index (κ3) is 3.23. The fraction of sp³-hybridized carbons (Fsp3) is 0.300. The van der Waals surface area contributed by atoms with Gasteiger partial charge in [0.2, 0.25) is 0 Å². The van der Waals surface area contributed by atoms with Crippen molar-refractivity contribution in [1.82, 2.24) is 14.6 Å². The standard InChI is InChI=1S/C20H21N5O2S/c21-28-27-11-13-5-6-14(9-13)23-19-7-8-22-20-10-17(24-25(19)20)16-12-26-18-4-2-1-3-15(16)18/h1-4,7-8,10,12-14,23H,5-6,9,11,21H2. The lowest BCUT2D eigenvalue weighted by molar-refractivity contribution is 0.290. The molecule has 0 aliphatic heterocycles. The van der Waals surface area contributed by atoms with Crippen LogP contribution in [0.5, 0.6) is 0 Å². The summed E-state index contributed by atoms with van der Waals surface area (Å²) in [5.41, 5.74) is 3.49. The van der Waals surface area contributed by atoms with E-state index in [2.05, 4.69) is 10.3 Å². The van der Waals surface area contributed by atoms with Gasteiger partial charge in [-0.15, -0.1) is 0 Å². The van der Waals surface area contributed by atoms with E-state index in [0.29, 0.717) is 18.6 Å². The number of para-hydroxylation sites is 1. The average Bonchev–Trinajstić information content (AvgIpc) is 3.44. The van der Waals surface area contributed by atoms with Crippen molar-refractivity contribution in [3.8, 4) is 11.3 Å². The molecule has 3 heterocycles. The summed E-state index contributed by atoms with van der Waals surface area (Å²) >= 11 is 0.947. The molecule has 0 spiro atoms. The summed E-state index contributed by atoms with van der Waals surface area (Å²) in [5.74, 6) is 1.49. The van der Waals surface area contributed by atoms with E-state index in [1.54, 1.807) is 6.26 Å². The molecule has 1 fully saturated rings. The fourth-order valence-electron chi connectivity index (χ4n) is 4.01. The van der Waals surface area contributed by atoms with Gasteiger partial charge in [-0.05, 0) is 37.3 Å². The molecule has 1 aliphatic carbocycles. The summed E-state index contributed by atoms with van der Waals surface area (Å²) in [4.78, 5) is 4.48. The number of anilines is 1. The van der Waals surface area contributed by atoms with Gasteiger partial charge in [0, 0.05) is 29.3 Å². The van der Waals surface area contributed by atoms with Crippen molar-refractivity contribution in [2.45, 2.75) is 25.3 Å². The molecule has 0 saturated heterocycles. The number of aromatic nitrogens is 3. The number of nitrogens with zero attached hydrogens (tertiary/aromatic N) is 3. The molecule has 1 saturated carbocycles. The first-order valence-electron chi connectivity index (χ1n) is 9.38. The largest absolute Gasteiger partial charge is 0.464 e. The van der Waals surface area contributed by atoms with E-state index in [-0.39, 0.29) is 0 Å². The Morgan fingerprint density at radius 1 is 1.29 bits per heavy atom. The third-order valence-electron chi connectivity index (χ3n) is 5.38. The molecule has 5 rings (SSSR count). The molecular formula is C20H21N5O2S. The van der Waals surface area contributed by atoms with Crippen LogP contribution in [-0.4, -0.2) is 27.2 Å². The molecule has 2 unspecified atom stereocenters. The van der Waals surface area contributed by atoms with Gasteiger partial charge in [0.15, 0.2) is 5.65 Å². The Bertz CT molecular complexity index is 1110. The predicted octanol–water partition coefficient (Wildman–Crippen LogP) is 4.26. The van der Waals surface area contributed by atoms with E-state index < -0.39 is 0 Å². The number of hydrogen-bond acceptors (Lipinski definition) is 7. The number of nitrogens with one attached hydrogen (secondary N) is 1. The van der Waals surface area contributed by atoms with Crippen molar-refractivity contribution >= 4 is 34.7 Å². The molecule has 8 heteroatoms. The fourth-order valence-corrected chi connectivity index (χ4v) is 4.29. The molecule has 28 heavy (non-hydrogen) atoms. The van der Waals surface area contributed by atoms with Crippen LogP contribution in [0, 0.1) is 5.92 Å². The smallest absolute Gasteiger partial charge is 0.157 e. The van der Waals surface area contributed by atoms with Crippen molar-refractivity contribution in [3.63, 3.8) is 0 Å². The lowest BCUT2D eigenvalue weighted by Crippen LogP contribution is -2.18. The molecule has 144 valence electrons. The molecule has 1 aliphatic rings. The van der Waals surface area contributed by atoms with Crippen LogP contribution in [0.3, 0.4) is 0 Å². The molecule has 7 nitrogen and oxygen atoms in total. The van der Waals surface area contributed by atoms with E-state index in [9.17, 15) is 0 Å². The second-order valence-corrected chi connectivity index (χ2v) is 7.60. The highest BCUT2D eigenvalue weighted by molar-refractivity contribution is 7.92. The summed E-state index contributed by atoms with van der Waals surface area (Å²) in [6, 6.07) is 12.3. The lowest BCUT2D eigenvalue weighted by Gasteiger charge is -2.15. The zero-order chi connectivity index (χ0) is 18.9. The highest BCUT2D eigenvalue weighted by atomic mass is 32.2. The van der Waals surface area contributed by atoms with Crippen molar-refractivity contribution in [1.29, 1.82) is 0 Å². The quantitative estimate of drug-likeness (QED) is 0.372. The van der Waals surface area contributed by atoms with Gasteiger partial charge in [-0.1, -0.05) is 18.2 Å². The van der Waals surface area contributed by atoms with Gasteiger partial charge in [0.05, 0.1) is 24.5 Å². The van der Waals surface area contributed by atoms with Crippen LogP contribution in [0.1, 0.15) is 19.3 Å². The minimum Gasteiger partial charge on any atom is -0.464 e. The van der Waals surface area contributed by atoms with Gasteiger partial charge >= 0.3 is 0 Å². The van der Waals surface area contributed by atoms with Crippen LogP contribution in [0.4, 0.5) is 5.82 Å². The predicted molar refractivity (Wildman–Crippen MR) is 111 cm³/mol. The summed E-state index contributed by atoms with van der Waals surface area (Å²) in [6.07, 6.45) is 6.88. The Kier molecular flexibility index (Phi) is 4.67. The first kappa shape index (κ1) is 17.5. The SMILES string of the molecule is NSOCC1CCC(Nc2ccnc3cc(-c4coc5ccccc45)nn23)C1. The zero-order valence-corrected chi connectivity index (χ0v) is 16.1. The Balaban J connectivity index is 1.42. The summed E-state index contributed by atoms with van der Waals surface area (Å²) in [6.45, 7) is 0.699. The van der Waals surface area contributed by atoms with Crippen LogP contribution in [0.15, 0.2) is 53.3 Å². The third-order valence-corrected chi connectivity index (χ3v) is 5.65. The van der Waals surface area contributed by atoms with Gasteiger partial charge in [-0.2, -0.15) is 9.61 Å². The summed E-state index contributed by atoms with van der Waals surface area (Å²) in [7, 11) is 0. The molecule has 0 amide bonds. The van der Waals surface area contributed by atoms with Crippen molar-refractivity contribution in [3.05, 3.63) is 48.9 Å². The van der Waals surface area contributed by atoms with E-state index in [0.717, 1.165) is 65.2 Å². The van der Waals surface area contributed by atoms with Crippen molar-refractivity contribution < 1.29 is 8.60 Å². The van der Waals surface area contributed by atoms with Crippen LogP contribution in [0.2, 0.25) is 0 Å². The van der Waals surface area contributed by atoms with Crippen LogP contribution < -0.4 is 10.5 Å². The van der Waals surface area contributed by atoms with Crippen molar-refractivity contribution in [2.75, 3.05) is 11.9 Å². The van der Waals surface area contributed by atoms with Gasteiger partial charge in [0.1, 0.15) is 17.7 Å². The van der Waals surface area contributed by atoms with Gasteiger partial charge in [-0.25, -0.2) is 4.98 Å². The molecule has 2 atom stereocenters. The van der Waals surface area contributed by atoms with Gasteiger partial charge < -0.3 is 13.9 Å². The van der Waals surface area contributed by atoms with Gasteiger partial charge in [0.25, 0.3) is 0 Å². The average molecular weight is 395 g/mol. The summed E-state index contributed by atoms with van der Waals surface area (Å²) in [5, 5.41) is 14.8. The second kappa shape index (κ2) is 7.46. The van der Waals surface area contributed by atoms with E-state index >= 15 is 0 Å². The minimum atomic E-state index is 0.393. The molecule has 1 aromatic carbocycles. The van der Waals surface area contributed by atoms with Crippen molar-refractivity contribution in [2.24, 2.45) is 11.1 Å². The number of fused-ring (bicyclic) bond motifs is 2. The lowest BCUT2D eigenvalue weighted by atomic mass is 10.1. The highest BCUT2D eigenvalue weighted by Gasteiger charge is 2.25. The van der Waals surface area contributed by atoms with E-state index in [1.165, 1.54) is 0 Å². The second-order valence-electron chi connectivity index (χ2n) is 7.18. The first-order valence-corrected chi connectivity index (χ1v) is 10.2. The zero-order valence-electron chi connectivity index (χ0n) is 15.2. The number of rotatable bonds is 6. The maximum Gasteiger partial charge on any atom is 0.157 e. The minimum absolute atomic E-state index is 0.393. The molecule has 0 radical (unpaired) electrons. The monoisotopic (exact) mass is 395 g/mol. The maximum atomic E-state index is 5.67. The Hall–Kier alpha value is -2.55. The molecule has 3 aromatic heterocycles. The molecular weight excluding hydrogens is 374 g/mol. The normalized spacial score (nSPS) is 19.6. The van der Waals surface area contributed by atoms with Crippen LogP contribution in [-0.2, 0) is 4.18 Å². The van der Waals surface area contributed by atoms with Gasteiger partial charge in [-0.3, -0.25) is 5.14 Å². The molecule has 0 bridgehead atoms. The Labute approximate surface area is 166 Å². The topological polar surface area (TPSA) is 90.6 Å². The number of hydrogen-bond donors (Lipinski definition) is 2. The van der Waals surface area contributed by atoms with E-state index in [1.807, 2.05) is 47.1 Å². The number of furan rings is 1. The first-order chi connectivity index (χ1) is 13.8.